The van der Waals surface area contributed by atoms with Crippen molar-refractivity contribution in [1.29, 1.82) is 0 Å². The Balaban J connectivity index is 2.31. The molecule has 0 aliphatic carbocycles. The third-order valence-corrected chi connectivity index (χ3v) is 2.33. The molecule has 1 aromatic heterocycles. The number of hydrogen-bond acceptors (Lipinski definition) is 3. The number of ether oxygens (including phenoxy) is 1. The normalized spacial score (nSPS) is 10.4. The van der Waals surface area contributed by atoms with Crippen LogP contribution in [0.2, 0.25) is 0 Å². The van der Waals surface area contributed by atoms with E-state index in [1.807, 2.05) is 44.4 Å². The highest BCUT2D eigenvalue weighted by atomic mass is 16.5. The molecule has 2 rings (SSSR count). The zero-order valence-electron chi connectivity index (χ0n) is 9.47. The number of anilines is 1. The van der Waals surface area contributed by atoms with Crippen molar-refractivity contribution in [2.24, 2.45) is 7.05 Å². The van der Waals surface area contributed by atoms with Crippen LogP contribution >= 0.6 is 0 Å². The lowest BCUT2D eigenvalue weighted by Crippen LogP contribution is -1.91. The van der Waals surface area contributed by atoms with E-state index in [1.54, 1.807) is 4.68 Å². The Bertz CT molecular complexity index is 474. The molecule has 0 bridgehead atoms. The van der Waals surface area contributed by atoms with Crippen molar-refractivity contribution in [1.82, 2.24) is 9.78 Å². The van der Waals surface area contributed by atoms with Gasteiger partial charge in [-0.05, 0) is 24.6 Å². The molecule has 4 heteroatoms. The van der Waals surface area contributed by atoms with Crippen LogP contribution in [0, 0.1) is 0 Å². The van der Waals surface area contributed by atoms with Crippen LogP contribution < -0.4 is 10.5 Å². The van der Waals surface area contributed by atoms with Gasteiger partial charge in [-0.1, -0.05) is 12.1 Å². The van der Waals surface area contributed by atoms with Crippen LogP contribution in [-0.2, 0) is 7.05 Å². The van der Waals surface area contributed by atoms with E-state index in [0.29, 0.717) is 12.4 Å². The number of nitrogen functional groups attached to an aromatic ring is 1. The van der Waals surface area contributed by atoms with Crippen molar-refractivity contribution in [3.8, 4) is 16.9 Å². The van der Waals surface area contributed by atoms with Gasteiger partial charge in [-0.25, -0.2) is 0 Å². The van der Waals surface area contributed by atoms with Crippen molar-refractivity contribution in [3.05, 3.63) is 30.5 Å². The third kappa shape index (κ3) is 2.00. The fourth-order valence-electron chi connectivity index (χ4n) is 1.63. The highest BCUT2D eigenvalue weighted by Gasteiger charge is 2.06. The van der Waals surface area contributed by atoms with Gasteiger partial charge in [-0.3, -0.25) is 4.68 Å². The molecule has 0 fully saturated rings. The molecule has 2 aromatic rings. The summed E-state index contributed by atoms with van der Waals surface area (Å²) in [5.41, 5.74) is 7.81. The molecular formula is C12H15N3O. The van der Waals surface area contributed by atoms with E-state index in [9.17, 15) is 0 Å². The molecule has 2 N–H and O–H groups in total. The SMILES string of the molecule is CCOc1ccc(-c2cn(C)nc2N)cc1. The molecule has 4 nitrogen and oxygen atoms in total. The summed E-state index contributed by atoms with van der Waals surface area (Å²) >= 11 is 0. The number of hydrogen-bond donors (Lipinski definition) is 1. The van der Waals surface area contributed by atoms with Crippen molar-refractivity contribution in [2.45, 2.75) is 6.92 Å². The summed E-state index contributed by atoms with van der Waals surface area (Å²) in [6.07, 6.45) is 1.91. The number of rotatable bonds is 3. The molecule has 1 aromatic carbocycles. The second-order valence-electron chi connectivity index (χ2n) is 3.56. The van der Waals surface area contributed by atoms with E-state index in [1.165, 1.54) is 0 Å². The van der Waals surface area contributed by atoms with E-state index in [2.05, 4.69) is 5.10 Å². The van der Waals surface area contributed by atoms with Crippen LogP contribution in [0.1, 0.15) is 6.92 Å². The van der Waals surface area contributed by atoms with Crippen LogP contribution in [-0.4, -0.2) is 16.4 Å². The maximum atomic E-state index is 5.81. The van der Waals surface area contributed by atoms with Crippen LogP contribution in [0.15, 0.2) is 30.5 Å². The fourth-order valence-corrected chi connectivity index (χ4v) is 1.63. The Hall–Kier alpha value is -1.97. The number of aromatic nitrogens is 2. The van der Waals surface area contributed by atoms with Gasteiger partial charge in [-0.2, -0.15) is 5.10 Å². The smallest absolute Gasteiger partial charge is 0.153 e. The Labute approximate surface area is 94.6 Å². The van der Waals surface area contributed by atoms with Crippen LogP contribution in [0.3, 0.4) is 0 Å². The van der Waals surface area contributed by atoms with Gasteiger partial charge in [0.2, 0.25) is 0 Å². The predicted octanol–water partition coefficient (Wildman–Crippen LogP) is 2.07. The average molecular weight is 217 g/mol. The molecule has 0 unspecified atom stereocenters. The molecule has 0 aliphatic rings. The first-order valence-corrected chi connectivity index (χ1v) is 5.23. The Kier molecular flexibility index (Phi) is 2.81. The number of aryl methyl sites for hydroxylation is 1. The molecule has 0 aliphatic heterocycles. The zero-order chi connectivity index (χ0) is 11.5. The molecule has 16 heavy (non-hydrogen) atoms. The largest absolute Gasteiger partial charge is 0.494 e. The van der Waals surface area contributed by atoms with Crippen molar-refractivity contribution in [3.63, 3.8) is 0 Å². The summed E-state index contributed by atoms with van der Waals surface area (Å²) in [6.45, 7) is 2.64. The minimum Gasteiger partial charge on any atom is -0.494 e. The monoisotopic (exact) mass is 217 g/mol. The lowest BCUT2D eigenvalue weighted by molar-refractivity contribution is 0.340. The molecule has 84 valence electrons. The predicted molar refractivity (Wildman–Crippen MR) is 64.2 cm³/mol. The summed E-state index contributed by atoms with van der Waals surface area (Å²) in [6, 6.07) is 7.84. The lowest BCUT2D eigenvalue weighted by Gasteiger charge is -2.03. The average Bonchev–Trinajstić information content (AvgIpc) is 2.59. The van der Waals surface area contributed by atoms with Gasteiger partial charge in [0.1, 0.15) is 5.75 Å². The van der Waals surface area contributed by atoms with Gasteiger partial charge >= 0.3 is 0 Å². The Morgan fingerprint density at radius 1 is 1.31 bits per heavy atom. The minimum atomic E-state index is 0.548. The molecule has 1 heterocycles. The summed E-state index contributed by atoms with van der Waals surface area (Å²) in [7, 11) is 1.86. The third-order valence-electron chi connectivity index (χ3n) is 2.33. The molecule has 0 amide bonds. The van der Waals surface area contributed by atoms with E-state index < -0.39 is 0 Å². The van der Waals surface area contributed by atoms with Crippen molar-refractivity contribution >= 4 is 5.82 Å². The Morgan fingerprint density at radius 2 is 2.00 bits per heavy atom. The first-order valence-electron chi connectivity index (χ1n) is 5.23. The van der Waals surface area contributed by atoms with Gasteiger partial charge in [0, 0.05) is 18.8 Å². The van der Waals surface area contributed by atoms with Gasteiger partial charge in [0.25, 0.3) is 0 Å². The maximum absolute atomic E-state index is 5.81. The van der Waals surface area contributed by atoms with Gasteiger partial charge < -0.3 is 10.5 Å². The molecule has 0 atom stereocenters. The van der Waals surface area contributed by atoms with E-state index in [4.69, 9.17) is 10.5 Å². The van der Waals surface area contributed by atoms with E-state index in [-0.39, 0.29) is 0 Å². The van der Waals surface area contributed by atoms with Crippen LogP contribution in [0.4, 0.5) is 5.82 Å². The summed E-state index contributed by atoms with van der Waals surface area (Å²) in [5.74, 6) is 1.42. The lowest BCUT2D eigenvalue weighted by atomic mass is 10.1. The molecular weight excluding hydrogens is 202 g/mol. The first-order chi connectivity index (χ1) is 7.70. The van der Waals surface area contributed by atoms with Crippen molar-refractivity contribution < 1.29 is 4.74 Å². The van der Waals surface area contributed by atoms with Crippen LogP contribution in [0.5, 0.6) is 5.75 Å². The topological polar surface area (TPSA) is 53.1 Å². The Morgan fingerprint density at radius 3 is 2.50 bits per heavy atom. The highest BCUT2D eigenvalue weighted by Crippen LogP contribution is 2.26. The van der Waals surface area contributed by atoms with E-state index >= 15 is 0 Å². The van der Waals surface area contributed by atoms with Gasteiger partial charge in [0.15, 0.2) is 5.82 Å². The highest BCUT2D eigenvalue weighted by molar-refractivity contribution is 5.73. The number of nitrogens with two attached hydrogens (primary N) is 1. The second kappa shape index (κ2) is 4.26. The molecule has 0 saturated carbocycles. The van der Waals surface area contributed by atoms with E-state index in [0.717, 1.165) is 16.9 Å². The summed E-state index contributed by atoms with van der Waals surface area (Å²) < 4.78 is 7.09. The molecule has 0 radical (unpaired) electrons. The standard InChI is InChI=1S/C12H15N3O/c1-3-16-10-6-4-9(5-7-10)11-8-15(2)14-12(11)13/h4-8H,3H2,1-2H3,(H2,13,14). The zero-order valence-corrected chi connectivity index (χ0v) is 9.47. The summed E-state index contributed by atoms with van der Waals surface area (Å²) in [4.78, 5) is 0. The molecule has 0 saturated heterocycles. The number of benzene rings is 1. The van der Waals surface area contributed by atoms with Gasteiger partial charge in [-0.15, -0.1) is 0 Å². The van der Waals surface area contributed by atoms with Crippen LogP contribution in [0.25, 0.3) is 11.1 Å². The number of nitrogens with zero attached hydrogens (tertiary/aromatic N) is 2. The molecule has 0 spiro atoms. The second-order valence-corrected chi connectivity index (χ2v) is 3.56. The first kappa shape index (κ1) is 10.5. The summed E-state index contributed by atoms with van der Waals surface area (Å²) in [5, 5.41) is 4.11. The maximum Gasteiger partial charge on any atom is 0.153 e. The van der Waals surface area contributed by atoms with Gasteiger partial charge in [0.05, 0.1) is 6.61 Å². The van der Waals surface area contributed by atoms with Crippen molar-refractivity contribution in [2.75, 3.05) is 12.3 Å². The minimum absolute atomic E-state index is 0.548. The quantitative estimate of drug-likeness (QED) is 0.856. The fraction of sp³-hybridized carbons (Fsp3) is 0.250.